The normalized spacial score (nSPS) is 11.4. The first-order chi connectivity index (χ1) is 11.0. The Balaban J connectivity index is 0.00000288. The molecular formula is C18H25N4OY+2. The molecule has 24 heavy (non-hydrogen) atoms. The van der Waals surface area contributed by atoms with Gasteiger partial charge in [0.25, 0.3) is 0 Å². The van der Waals surface area contributed by atoms with Gasteiger partial charge in [-0.25, -0.2) is 4.98 Å². The maximum absolute atomic E-state index is 5.88. The van der Waals surface area contributed by atoms with Crippen LogP contribution in [-0.2, 0) is 32.7 Å². The molecule has 0 aliphatic rings. The van der Waals surface area contributed by atoms with Gasteiger partial charge in [-0.3, -0.25) is 4.98 Å². The van der Waals surface area contributed by atoms with Crippen molar-refractivity contribution in [1.29, 1.82) is 0 Å². The van der Waals surface area contributed by atoms with Gasteiger partial charge in [-0.05, 0) is 38.0 Å². The number of rotatable bonds is 7. The van der Waals surface area contributed by atoms with Gasteiger partial charge in [0.1, 0.15) is 18.2 Å². The molecule has 0 saturated carbocycles. The summed E-state index contributed by atoms with van der Waals surface area (Å²) >= 11 is 0. The van der Waals surface area contributed by atoms with Crippen LogP contribution in [0.25, 0.3) is 0 Å². The van der Waals surface area contributed by atoms with Crippen LogP contribution in [0.2, 0.25) is 0 Å². The minimum absolute atomic E-state index is 0. The number of anilines is 1. The molecule has 5 nitrogen and oxygen atoms in total. The van der Waals surface area contributed by atoms with Crippen molar-refractivity contribution < 1.29 is 37.4 Å². The Morgan fingerprint density at radius 3 is 2.54 bits per heavy atom. The first-order valence-corrected chi connectivity index (χ1v) is 7.97. The Bertz CT molecular complexity index is 649. The maximum atomic E-state index is 5.88. The second-order valence-electron chi connectivity index (χ2n) is 5.91. The van der Waals surface area contributed by atoms with E-state index < -0.39 is 0 Å². The van der Waals surface area contributed by atoms with Crippen molar-refractivity contribution >= 4 is 5.95 Å². The predicted octanol–water partition coefficient (Wildman–Crippen LogP) is 3.72. The minimum Gasteiger partial charge on any atom is -0.491 e. The molecule has 1 atom stereocenters. The fraction of sp³-hybridized carbons (Fsp3) is 0.444. The number of ether oxygens (including phenoxy) is 1. The van der Waals surface area contributed by atoms with E-state index in [1.165, 1.54) is 5.56 Å². The third-order valence-corrected chi connectivity index (χ3v) is 3.46. The molecule has 1 aromatic carbocycles. The molecule has 1 N–H and O–H groups in total. The topological polar surface area (TPSA) is 59.9 Å². The largest absolute Gasteiger partial charge is 3.00 e. The van der Waals surface area contributed by atoms with Crippen LogP contribution in [0.15, 0.2) is 24.3 Å². The van der Waals surface area contributed by atoms with Crippen LogP contribution in [0, 0.1) is 19.8 Å². The summed E-state index contributed by atoms with van der Waals surface area (Å²) in [5.41, 5.74) is 1.19. The average molecular weight is 402 g/mol. The van der Waals surface area contributed by atoms with E-state index in [1.54, 1.807) is 0 Å². The number of hydrogen-bond donors (Lipinski definition) is 1. The van der Waals surface area contributed by atoms with Gasteiger partial charge in [0.05, 0.1) is 6.04 Å². The molecule has 0 aliphatic carbocycles. The van der Waals surface area contributed by atoms with Crippen molar-refractivity contribution in [3.8, 4) is 5.75 Å². The minimum atomic E-state index is 0. The third-order valence-electron chi connectivity index (χ3n) is 3.46. The molecule has 0 fully saturated rings. The van der Waals surface area contributed by atoms with E-state index in [2.05, 4.69) is 40.2 Å². The second kappa shape index (κ2) is 9.95. The van der Waals surface area contributed by atoms with Crippen molar-refractivity contribution in [3.63, 3.8) is 0 Å². The maximum Gasteiger partial charge on any atom is 3.00 e. The Labute approximate surface area is 169 Å². The number of hydrogen-bond acceptors (Lipinski definition) is 5. The van der Waals surface area contributed by atoms with Crippen molar-refractivity contribution in [2.75, 3.05) is 11.9 Å². The third kappa shape index (κ3) is 6.36. The summed E-state index contributed by atoms with van der Waals surface area (Å²) in [5, 5.41) is 3.35. The number of benzene rings is 1. The van der Waals surface area contributed by atoms with E-state index in [9.17, 15) is 0 Å². The molecule has 0 aliphatic heterocycles. The summed E-state index contributed by atoms with van der Waals surface area (Å²) in [6.07, 6.45) is 0.917. The Kier molecular flexibility index (Phi) is 8.64. The Morgan fingerprint density at radius 2 is 1.92 bits per heavy atom. The molecule has 0 amide bonds. The summed E-state index contributed by atoms with van der Waals surface area (Å²) in [6, 6.07) is 8.21. The summed E-state index contributed by atoms with van der Waals surface area (Å²) < 4.78 is 5.88. The Morgan fingerprint density at radius 1 is 1.17 bits per heavy atom. The van der Waals surface area contributed by atoms with Crippen LogP contribution >= 0.6 is 0 Å². The summed E-state index contributed by atoms with van der Waals surface area (Å²) in [7, 11) is 0. The molecular weight excluding hydrogens is 377 g/mol. The van der Waals surface area contributed by atoms with E-state index in [0.717, 1.165) is 23.9 Å². The van der Waals surface area contributed by atoms with Gasteiger partial charge in [0.2, 0.25) is 5.95 Å². The quantitative estimate of drug-likeness (QED) is 0.716. The van der Waals surface area contributed by atoms with Crippen molar-refractivity contribution in [2.45, 2.75) is 47.1 Å². The number of nitrogens with zero attached hydrogens (tertiary/aromatic N) is 3. The van der Waals surface area contributed by atoms with E-state index in [1.807, 2.05) is 39.0 Å². The zero-order chi connectivity index (χ0) is 16.8. The first kappa shape index (κ1) is 20.8. The number of aryl methyl sites for hydroxylation is 2. The van der Waals surface area contributed by atoms with Gasteiger partial charge in [-0.15, -0.1) is 0 Å². The monoisotopic (exact) mass is 402 g/mol. The summed E-state index contributed by atoms with van der Waals surface area (Å²) in [5.74, 6) is 4.01. The summed E-state index contributed by atoms with van der Waals surface area (Å²) in [4.78, 5) is 13.2. The zero-order valence-electron chi connectivity index (χ0n) is 15.1. The zero-order valence-corrected chi connectivity index (χ0v) is 18.0. The Hall–Kier alpha value is -1.20. The molecule has 1 unspecified atom stereocenters. The molecule has 2 rings (SSSR count). The molecule has 2 aromatic rings. The first-order valence-electron chi connectivity index (χ1n) is 7.97. The van der Waals surface area contributed by atoms with Crippen LogP contribution in [0.1, 0.15) is 44.4 Å². The van der Waals surface area contributed by atoms with Crippen LogP contribution in [0.5, 0.6) is 5.75 Å². The average Bonchev–Trinajstić information content (AvgIpc) is 2.51. The standard InChI is InChI=1S/C18H25N4O.Y/c1-6-15(11-23-16-9-7-8-13(4)10-16)21-18-20-14(5)19-17(22-18)12(2)3;/h7-10,15H,6,11H2,1-5H3,(H,19,20,21,22);/q-1;+3. The van der Waals surface area contributed by atoms with E-state index >= 15 is 0 Å². The molecule has 124 valence electrons. The molecule has 0 spiro atoms. The number of aromatic nitrogens is 3. The molecule has 6 heteroatoms. The SMILES string of the molecule is CCC(COc1cccc(C)c1)Nc1nc(C)nc([C-](C)C)n1.[Y+3]. The van der Waals surface area contributed by atoms with E-state index in [4.69, 9.17) is 4.74 Å². The van der Waals surface area contributed by atoms with Crippen LogP contribution in [-0.4, -0.2) is 27.6 Å². The smallest absolute Gasteiger partial charge is 0.491 e. The van der Waals surface area contributed by atoms with Crippen molar-refractivity contribution in [1.82, 2.24) is 15.0 Å². The van der Waals surface area contributed by atoms with Gasteiger partial charge in [-0.2, -0.15) is 18.8 Å². The van der Waals surface area contributed by atoms with Gasteiger partial charge < -0.3 is 16.0 Å². The molecule has 0 radical (unpaired) electrons. The fourth-order valence-electron chi connectivity index (χ4n) is 2.12. The summed E-state index contributed by atoms with van der Waals surface area (Å²) in [6.45, 7) is 10.6. The predicted molar refractivity (Wildman–Crippen MR) is 92.6 cm³/mol. The van der Waals surface area contributed by atoms with Crippen LogP contribution in [0.3, 0.4) is 0 Å². The van der Waals surface area contributed by atoms with Crippen LogP contribution < -0.4 is 10.1 Å². The van der Waals surface area contributed by atoms with Crippen LogP contribution in [0.4, 0.5) is 5.95 Å². The van der Waals surface area contributed by atoms with Gasteiger partial charge in [-0.1, -0.05) is 19.1 Å². The van der Waals surface area contributed by atoms with Gasteiger partial charge in [0.15, 0.2) is 0 Å². The molecule has 1 aromatic heterocycles. The molecule has 0 saturated heterocycles. The van der Waals surface area contributed by atoms with Crippen molar-refractivity contribution in [3.05, 3.63) is 47.4 Å². The van der Waals surface area contributed by atoms with E-state index in [-0.39, 0.29) is 38.8 Å². The molecule has 1 heterocycles. The van der Waals surface area contributed by atoms with Gasteiger partial charge in [0, 0.05) is 5.82 Å². The van der Waals surface area contributed by atoms with E-state index in [0.29, 0.717) is 18.4 Å². The molecule has 0 bridgehead atoms. The fourth-order valence-corrected chi connectivity index (χ4v) is 2.12. The second-order valence-corrected chi connectivity index (χ2v) is 5.91. The number of nitrogens with one attached hydrogen (secondary N) is 1. The van der Waals surface area contributed by atoms with Gasteiger partial charge >= 0.3 is 32.7 Å². The van der Waals surface area contributed by atoms with Crippen molar-refractivity contribution in [2.24, 2.45) is 0 Å².